The number of hydrogen-bond acceptors (Lipinski definition) is 8. The summed E-state index contributed by atoms with van der Waals surface area (Å²) in [6.07, 6.45) is 1.87. The van der Waals surface area contributed by atoms with Gasteiger partial charge in [-0.25, -0.2) is 4.79 Å². The van der Waals surface area contributed by atoms with E-state index in [2.05, 4.69) is 6.58 Å². The maximum Gasteiger partial charge on any atom is 0.397 e. The van der Waals surface area contributed by atoms with Gasteiger partial charge in [0, 0.05) is 12.8 Å². The zero-order valence-electron chi connectivity index (χ0n) is 19.0. The van der Waals surface area contributed by atoms with Gasteiger partial charge in [-0.15, -0.1) is 0 Å². The van der Waals surface area contributed by atoms with E-state index in [1.807, 2.05) is 30.3 Å². The number of rotatable bonds is 11. The van der Waals surface area contributed by atoms with Crippen LogP contribution in [0.15, 0.2) is 73.3 Å². The summed E-state index contributed by atoms with van der Waals surface area (Å²) in [6.45, 7) is 2.89. The third-order valence-electron chi connectivity index (χ3n) is 5.21. The number of β-lactam (4-membered cyclic amide) rings is 1. The first-order valence-electron chi connectivity index (χ1n) is 11.0. The zero-order valence-corrected chi connectivity index (χ0v) is 19.8. The van der Waals surface area contributed by atoms with Crippen molar-refractivity contribution < 1.29 is 33.4 Å². The van der Waals surface area contributed by atoms with Crippen molar-refractivity contribution in [3.8, 4) is 5.75 Å². The molecule has 1 aliphatic rings. The largest absolute Gasteiger partial charge is 0.485 e. The van der Waals surface area contributed by atoms with Crippen LogP contribution < -0.4 is 4.74 Å². The first-order chi connectivity index (χ1) is 16.9. The maximum atomic E-state index is 12.7. The molecule has 35 heavy (non-hydrogen) atoms. The number of imide groups is 1. The summed E-state index contributed by atoms with van der Waals surface area (Å²) in [5.74, 6) is -3.69. The third kappa shape index (κ3) is 7.13. The lowest BCUT2D eigenvalue weighted by Gasteiger charge is -2.43. The first kappa shape index (κ1) is 25.9. The zero-order chi connectivity index (χ0) is 25.2. The van der Waals surface area contributed by atoms with E-state index >= 15 is 0 Å². The number of ether oxygens (including phenoxy) is 2. The fraction of sp³-hybridized carbons (Fsp3) is 0.269. The first-order valence-corrected chi connectivity index (χ1v) is 11.9. The number of hydrogen-bond donors (Lipinski definition) is 0. The molecule has 2 atom stereocenters. The average molecular weight is 496 g/mol. The third-order valence-corrected chi connectivity index (χ3v) is 6.38. The monoisotopic (exact) mass is 495 g/mol. The van der Waals surface area contributed by atoms with Gasteiger partial charge in [0.2, 0.25) is 11.0 Å². The topological polar surface area (TPSA) is 107 Å². The summed E-state index contributed by atoms with van der Waals surface area (Å²) in [4.78, 5) is 63.1. The van der Waals surface area contributed by atoms with Crippen molar-refractivity contribution in [2.45, 2.75) is 24.6 Å². The molecule has 9 heteroatoms. The van der Waals surface area contributed by atoms with Crippen molar-refractivity contribution >= 4 is 40.4 Å². The van der Waals surface area contributed by atoms with Gasteiger partial charge >= 0.3 is 11.9 Å². The van der Waals surface area contributed by atoms with Crippen LogP contribution in [0.5, 0.6) is 5.75 Å². The predicted octanol–water partition coefficient (Wildman–Crippen LogP) is 2.96. The number of amides is 2. The van der Waals surface area contributed by atoms with E-state index in [1.54, 1.807) is 30.3 Å². The molecule has 0 radical (unpaired) electrons. The number of ketones is 1. The highest BCUT2D eigenvalue weighted by molar-refractivity contribution is 8.14. The second-order valence-corrected chi connectivity index (χ2v) is 8.89. The Labute approximate surface area is 207 Å². The minimum atomic E-state index is -1.23. The second kappa shape index (κ2) is 12.7. The Bertz CT molecular complexity index is 1090. The Balaban J connectivity index is 1.64. The molecule has 1 aliphatic heterocycles. The lowest BCUT2D eigenvalue weighted by atomic mass is 9.90. The lowest BCUT2D eigenvalue weighted by Crippen LogP contribution is -2.64. The highest BCUT2D eigenvalue weighted by Crippen LogP contribution is 2.38. The minimum absolute atomic E-state index is 0.137. The van der Waals surface area contributed by atoms with Gasteiger partial charge in [0.25, 0.3) is 0 Å². The van der Waals surface area contributed by atoms with Crippen LogP contribution in [0.1, 0.15) is 18.4 Å². The molecule has 0 unspecified atom stereocenters. The summed E-state index contributed by atoms with van der Waals surface area (Å²) in [7, 11) is 0. The molecule has 3 rings (SSSR count). The number of likely N-dealkylation sites (tertiary alicyclic amines) is 1. The van der Waals surface area contributed by atoms with Crippen LogP contribution in [0.25, 0.3) is 0 Å². The molecule has 0 saturated carbocycles. The quantitative estimate of drug-likeness (QED) is 0.203. The highest BCUT2D eigenvalue weighted by Gasteiger charge is 2.54. The number of esters is 1. The Kier molecular flexibility index (Phi) is 9.37. The number of thioether (sulfide) groups is 1. The van der Waals surface area contributed by atoms with E-state index in [4.69, 9.17) is 9.47 Å². The Morgan fingerprint density at radius 3 is 2.31 bits per heavy atom. The molecule has 182 valence electrons. The van der Waals surface area contributed by atoms with Crippen LogP contribution in [0.4, 0.5) is 0 Å². The normalized spacial score (nSPS) is 16.7. The number of para-hydroxylation sites is 1. The summed E-state index contributed by atoms with van der Waals surface area (Å²) in [5, 5.41) is -1.45. The van der Waals surface area contributed by atoms with Crippen LogP contribution in [0.3, 0.4) is 0 Å². The van der Waals surface area contributed by atoms with E-state index in [-0.39, 0.29) is 31.8 Å². The van der Waals surface area contributed by atoms with Crippen LogP contribution in [-0.4, -0.2) is 52.2 Å². The number of carbonyl (C=O) groups is 5. The Morgan fingerprint density at radius 2 is 1.66 bits per heavy atom. The van der Waals surface area contributed by atoms with Crippen molar-refractivity contribution in [2.75, 3.05) is 13.2 Å². The second-order valence-electron chi connectivity index (χ2n) is 7.72. The number of nitrogens with zero attached hydrogens (tertiary/aromatic N) is 1. The van der Waals surface area contributed by atoms with Crippen molar-refractivity contribution in [1.82, 2.24) is 4.90 Å². The molecule has 1 heterocycles. The van der Waals surface area contributed by atoms with Gasteiger partial charge in [0.05, 0.1) is 5.92 Å². The summed E-state index contributed by atoms with van der Waals surface area (Å²) in [6, 6.07) is 18.1. The fourth-order valence-electron chi connectivity index (χ4n) is 3.46. The molecule has 0 N–H and O–H groups in total. The molecule has 1 fully saturated rings. The van der Waals surface area contributed by atoms with Gasteiger partial charge in [0.15, 0.2) is 6.61 Å². The molecule has 1 saturated heterocycles. The molecule has 0 aromatic heterocycles. The number of Topliss-reactive ketones (excluding diaryl/α,β-unsaturated/α-hetero) is 1. The van der Waals surface area contributed by atoms with E-state index in [0.29, 0.717) is 28.8 Å². The highest BCUT2D eigenvalue weighted by atomic mass is 32.2. The van der Waals surface area contributed by atoms with Crippen molar-refractivity contribution in [3.63, 3.8) is 0 Å². The molecule has 2 amide bonds. The molecule has 0 spiro atoms. The van der Waals surface area contributed by atoms with Crippen molar-refractivity contribution in [3.05, 3.63) is 78.9 Å². The van der Waals surface area contributed by atoms with Gasteiger partial charge in [0.1, 0.15) is 23.5 Å². The van der Waals surface area contributed by atoms with Crippen molar-refractivity contribution in [2.24, 2.45) is 5.92 Å². The fourth-order valence-corrected chi connectivity index (χ4v) is 4.54. The van der Waals surface area contributed by atoms with E-state index in [1.165, 1.54) is 6.08 Å². The molecule has 2 aromatic rings. The van der Waals surface area contributed by atoms with Gasteiger partial charge in [-0.3, -0.25) is 24.1 Å². The molecule has 0 aliphatic carbocycles. The maximum absolute atomic E-state index is 12.7. The molecule has 8 nitrogen and oxygen atoms in total. The molecule has 2 aromatic carbocycles. The molecular weight excluding hydrogens is 470 g/mol. The van der Waals surface area contributed by atoms with E-state index in [0.717, 1.165) is 5.56 Å². The number of benzene rings is 2. The van der Waals surface area contributed by atoms with Gasteiger partial charge in [-0.05, 0) is 24.1 Å². The Morgan fingerprint density at radius 1 is 1.00 bits per heavy atom. The lowest BCUT2D eigenvalue weighted by molar-refractivity contribution is -0.172. The van der Waals surface area contributed by atoms with E-state index in [9.17, 15) is 24.0 Å². The van der Waals surface area contributed by atoms with Gasteiger partial charge < -0.3 is 9.47 Å². The van der Waals surface area contributed by atoms with Crippen LogP contribution in [-0.2, 0) is 35.1 Å². The van der Waals surface area contributed by atoms with Crippen molar-refractivity contribution in [1.29, 1.82) is 0 Å². The van der Waals surface area contributed by atoms with Gasteiger partial charge in [-0.1, -0.05) is 72.9 Å². The van der Waals surface area contributed by atoms with Crippen LogP contribution >= 0.6 is 11.8 Å². The van der Waals surface area contributed by atoms with E-state index < -0.39 is 34.2 Å². The molecule has 0 bridgehead atoms. The average Bonchev–Trinajstić information content (AvgIpc) is 2.88. The van der Waals surface area contributed by atoms with Crippen LogP contribution in [0, 0.1) is 5.92 Å². The summed E-state index contributed by atoms with van der Waals surface area (Å²) >= 11 is 0.692. The molecular formula is C26H25NO7S. The minimum Gasteiger partial charge on any atom is -0.485 e. The number of aryl methyl sites for hydroxylation is 1. The SMILES string of the molecule is C=CCOC(=O)C(=O)N1C(=O)[C@@H](CC(=O)CCc2ccccc2)[C@H]1SC(=O)COc1ccccc1. The van der Waals surface area contributed by atoms with Gasteiger partial charge in [-0.2, -0.15) is 0 Å². The number of carbonyl (C=O) groups excluding carboxylic acids is 5. The summed E-state index contributed by atoms with van der Waals surface area (Å²) < 4.78 is 10.2. The predicted molar refractivity (Wildman–Crippen MR) is 129 cm³/mol. The Hall–Kier alpha value is -3.72. The summed E-state index contributed by atoms with van der Waals surface area (Å²) in [5.41, 5.74) is 0.988. The smallest absolute Gasteiger partial charge is 0.397 e. The standard InChI is InChI=1S/C26H25NO7S/c1-2-15-33-26(32)24(31)27-23(30)21(16-19(28)14-13-18-9-5-3-6-10-18)25(27)35-22(29)17-34-20-11-7-4-8-12-20/h2-12,21,25H,1,13-17H2/t21-,25-/m1/s1. The van der Waals surface area contributed by atoms with Crippen LogP contribution in [0.2, 0.25) is 0 Å².